The lowest BCUT2D eigenvalue weighted by Crippen LogP contribution is -2.28. The first-order valence-corrected chi connectivity index (χ1v) is 9.20. The maximum absolute atomic E-state index is 12.4. The molecule has 0 fully saturated rings. The van der Waals surface area contributed by atoms with Gasteiger partial charge in [0.1, 0.15) is 12.4 Å². The van der Waals surface area contributed by atoms with E-state index in [1.54, 1.807) is 0 Å². The van der Waals surface area contributed by atoms with Gasteiger partial charge in [-0.25, -0.2) is 0 Å². The number of para-hydroxylation sites is 1. The van der Waals surface area contributed by atoms with Crippen LogP contribution in [0.1, 0.15) is 30.5 Å². The van der Waals surface area contributed by atoms with E-state index in [0.29, 0.717) is 18.7 Å². The van der Waals surface area contributed by atoms with E-state index in [0.717, 1.165) is 36.5 Å². The minimum absolute atomic E-state index is 0.0771. The van der Waals surface area contributed by atoms with E-state index in [2.05, 4.69) is 48.3 Å². The second-order valence-electron chi connectivity index (χ2n) is 6.46. The Morgan fingerprint density at radius 2 is 1.73 bits per heavy atom. The van der Waals surface area contributed by atoms with Crippen LogP contribution in [0, 0.1) is 0 Å². The standard InChI is InChI=1S/C22H26N2O2/c1-3-24(4-2)15-18-11-9-17(10-12-18)14-23-22(25)20-13-19-7-5-6-8-21(19)26-16-20/h5-13H,3-4,14-16H2,1-2H3,(H,23,25). The molecular formula is C22H26N2O2. The van der Waals surface area contributed by atoms with E-state index >= 15 is 0 Å². The smallest absolute Gasteiger partial charge is 0.250 e. The summed E-state index contributed by atoms with van der Waals surface area (Å²) in [6.45, 7) is 8.24. The Hall–Kier alpha value is -2.59. The second-order valence-corrected chi connectivity index (χ2v) is 6.46. The molecule has 0 bridgehead atoms. The Labute approximate surface area is 155 Å². The van der Waals surface area contributed by atoms with E-state index in [9.17, 15) is 4.79 Å². The van der Waals surface area contributed by atoms with Crippen LogP contribution in [0.5, 0.6) is 5.75 Å². The molecule has 0 aromatic heterocycles. The van der Waals surface area contributed by atoms with Crippen molar-refractivity contribution in [2.24, 2.45) is 0 Å². The molecule has 1 N–H and O–H groups in total. The molecule has 0 radical (unpaired) electrons. The van der Waals surface area contributed by atoms with Crippen molar-refractivity contribution in [1.29, 1.82) is 0 Å². The molecule has 2 aromatic carbocycles. The predicted molar refractivity (Wildman–Crippen MR) is 105 cm³/mol. The van der Waals surface area contributed by atoms with E-state index in [1.807, 2.05) is 30.3 Å². The highest BCUT2D eigenvalue weighted by Crippen LogP contribution is 2.25. The molecule has 1 aliphatic heterocycles. The summed E-state index contributed by atoms with van der Waals surface area (Å²) < 4.78 is 5.65. The van der Waals surface area contributed by atoms with Gasteiger partial charge in [-0.3, -0.25) is 9.69 Å². The molecule has 0 aliphatic carbocycles. The third kappa shape index (κ3) is 4.52. The lowest BCUT2D eigenvalue weighted by molar-refractivity contribution is -0.117. The monoisotopic (exact) mass is 350 g/mol. The van der Waals surface area contributed by atoms with Gasteiger partial charge in [0, 0.05) is 18.7 Å². The lowest BCUT2D eigenvalue weighted by Gasteiger charge is -2.18. The van der Waals surface area contributed by atoms with Crippen LogP contribution in [0.15, 0.2) is 54.1 Å². The molecule has 1 heterocycles. The van der Waals surface area contributed by atoms with Crippen molar-refractivity contribution in [2.75, 3.05) is 19.7 Å². The van der Waals surface area contributed by atoms with Gasteiger partial charge in [0.25, 0.3) is 5.91 Å². The van der Waals surface area contributed by atoms with Crippen molar-refractivity contribution in [2.45, 2.75) is 26.9 Å². The van der Waals surface area contributed by atoms with Crippen molar-refractivity contribution in [1.82, 2.24) is 10.2 Å². The summed E-state index contributed by atoms with van der Waals surface area (Å²) in [5.74, 6) is 0.750. The first kappa shape index (κ1) is 18.2. The third-order valence-corrected chi connectivity index (χ3v) is 4.70. The second kappa shape index (κ2) is 8.68. The van der Waals surface area contributed by atoms with Crippen LogP contribution < -0.4 is 10.1 Å². The Morgan fingerprint density at radius 3 is 2.46 bits per heavy atom. The number of carbonyl (C=O) groups excluding carboxylic acids is 1. The number of fused-ring (bicyclic) bond motifs is 1. The maximum Gasteiger partial charge on any atom is 0.250 e. The number of carbonyl (C=O) groups is 1. The minimum Gasteiger partial charge on any atom is -0.488 e. The van der Waals surface area contributed by atoms with Gasteiger partial charge < -0.3 is 10.1 Å². The van der Waals surface area contributed by atoms with Gasteiger partial charge in [-0.15, -0.1) is 0 Å². The zero-order valence-corrected chi connectivity index (χ0v) is 15.5. The molecule has 4 heteroatoms. The van der Waals surface area contributed by atoms with Crippen LogP contribution in [-0.4, -0.2) is 30.5 Å². The fourth-order valence-corrected chi connectivity index (χ4v) is 3.01. The molecular weight excluding hydrogens is 324 g/mol. The highest BCUT2D eigenvalue weighted by molar-refractivity contribution is 5.99. The van der Waals surface area contributed by atoms with Crippen molar-refractivity contribution >= 4 is 12.0 Å². The average Bonchev–Trinajstić information content (AvgIpc) is 2.70. The van der Waals surface area contributed by atoms with Crippen molar-refractivity contribution in [3.05, 3.63) is 70.8 Å². The lowest BCUT2D eigenvalue weighted by atomic mass is 10.1. The number of hydrogen-bond acceptors (Lipinski definition) is 3. The van der Waals surface area contributed by atoms with Gasteiger partial charge in [0.15, 0.2) is 0 Å². The summed E-state index contributed by atoms with van der Waals surface area (Å²) in [5, 5.41) is 2.98. The Bertz CT molecular complexity index is 777. The highest BCUT2D eigenvalue weighted by Gasteiger charge is 2.16. The van der Waals surface area contributed by atoms with Gasteiger partial charge in [0.05, 0.1) is 5.57 Å². The van der Waals surface area contributed by atoms with Crippen LogP contribution in [0.2, 0.25) is 0 Å². The number of hydrogen-bond donors (Lipinski definition) is 1. The first-order valence-electron chi connectivity index (χ1n) is 9.20. The van der Waals surface area contributed by atoms with Gasteiger partial charge in [-0.05, 0) is 36.4 Å². The molecule has 136 valence electrons. The van der Waals surface area contributed by atoms with Crippen molar-refractivity contribution in [3.63, 3.8) is 0 Å². The predicted octanol–water partition coefficient (Wildman–Crippen LogP) is 3.62. The number of ether oxygens (including phenoxy) is 1. The Balaban J connectivity index is 1.56. The summed E-state index contributed by atoms with van der Waals surface area (Å²) in [4.78, 5) is 14.8. The molecule has 1 aliphatic rings. The van der Waals surface area contributed by atoms with Gasteiger partial charge in [-0.2, -0.15) is 0 Å². The number of nitrogens with one attached hydrogen (secondary N) is 1. The number of amides is 1. The van der Waals surface area contributed by atoms with Gasteiger partial charge in [0.2, 0.25) is 0 Å². The minimum atomic E-state index is -0.0771. The molecule has 3 rings (SSSR count). The molecule has 0 atom stereocenters. The molecule has 0 saturated heterocycles. The van der Waals surface area contributed by atoms with Crippen LogP contribution in [0.4, 0.5) is 0 Å². The Kier molecular flexibility index (Phi) is 6.08. The SMILES string of the molecule is CCN(CC)Cc1ccc(CNC(=O)C2=Cc3ccccc3OC2)cc1. The molecule has 0 spiro atoms. The summed E-state index contributed by atoms with van der Waals surface area (Å²) in [5.41, 5.74) is 4.00. The zero-order chi connectivity index (χ0) is 18.4. The zero-order valence-electron chi connectivity index (χ0n) is 15.5. The number of rotatable bonds is 7. The first-order chi connectivity index (χ1) is 12.7. The largest absolute Gasteiger partial charge is 0.488 e. The normalized spacial score (nSPS) is 13.0. The van der Waals surface area contributed by atoms with Crippen LogP contribution >= 0.6 is 0 Å². The molecule has 2 aromatic rings. The summed E-state index contributed by atoms with van der Waals surface area (Å²) in [6.07, 6.45) is 1.90. The van der Waals surface area contributed by atoms with E-state index in [1.165, 1.54) is 5.56 Å². The van der Waals surface area contributed by atoms with Gasteiger partial charge in [-0.1, -0.05) is 56.3 Å². The van der Waals surface area contributed by atoms with E-state index < -0.39 is 0 Å². The maximum atomic E-state index is 12.4. The molecule has 0 saturated carbocycles. The molecule has 4 nitrogen and oxygen atoms in total. The fraction of sp³-hybridized carbons (Fsp3) is 0.318. The number of benzene rings is 2. The van der Waals surface area contributed by atoms with Crippen LogP contribution in [0.3, 0.4) is 0 Å². The number of nitrogens with zero attached hydrogens (tertiary/aromatic N) is 1. The van der Waals surface area contributed by atoms with E-state index in [-0.39, 0.29) is 5.91 Å². The summed E-state index contributed by atoms with van der Waals surface area (Å²) in [6, 6.07) is 16.2. The quantitative estimate of drug-likeness (QED) is 0.829. The van der Waals surface area contributed by atoms with Crippen LogP contribution in [0.25, 0.3) is 6.08 Å². The average molecular weight is 350 g/mol. The highest BCUT2D eigenvalue weighted by atomic mass is 16.5. The summed E-state index contributed by atoms with van der Waals surface area (Å²) in [7, 11) is 0. The van der Waals surface area contributed by atoms with E-state index in [4.69, 9.17) is 4.74 Å². The fourth-order valence-electron chi connectivity index (χ4n) is 3.01. The third-order valence-electron chi connectivity index (χ3n) is 4.70. The Morgan fingerprint density at radius 1 is 1.04 bits per heavy atom. The molecule has 1 amide bonds. The summed E-state index contributed by atoms with van der Waals surface area (Å²) >= 11 is 0. The van der Waals surface area contributed by atoms with Crippen molar-refractivity contribution in [3.8, 4) is 5.75 Å². The molecule has 0 unspecified atom stereocenters. The molecule has 26 heavy (non-hydrogen) atoms. The van der Waals surface area contributed by atoms with Gasteiger partial charge >= 0.3 is 0 Å². The van der Waals surface area contributed by atoms with Crippen LogP contribution in [-0.2, 0) is 17.9 Å². The topological polar surface area (TPSA) is 41.6 Å². The van der Waals surface area contributed by atoms with Crippen molar-refractivity contribution < 1.29 is 9.53 Å².